The highest BCUT2D eigenvalue weighted by Crippen LogP contribution is 2.18. The molecule has 1 saturated heterocycles. The Kier molecular flexibility index (Phi) is 3.52. The van der Waals surface area contributed by atoms with E-state index in [9.17, 15) is 13.2 Å². The molecule has 0 aromatic heterocycles. The average molecular weight is 197 g/mol. The molecule has 3 nitrogen and oxygen atoms in total. The molecule has 0 saturated carbocycles. The van der Waals surface area contributed by atoms with Crippen molar-refractivity contribution in [3.8, 4) is 0 Å². The lowest BCUT2D eigenvalue weighted by atomic mass is 10.2. The van der Waals surface area contributed by atoms with Crippen LogP contribution in [-0.2, 0) is 0 Å². The van der Waals surface area contributed by atoms with E-state index >= 15 is 0 Å². The molecule has 13 heavy (non-hydrogen) atoms. The lowest BCUT2D eigenvalue weighted by molar-refractivity contribution is -0.151. The lowest BCUT2D eigenvalue weighted by Crippen LogP contribution is -2.56. The van der Waals surface area contributed by atoms with Crippen LogP contribution in [-0.4, -0.2) is 49.8 Å². The minimum absolute atomic E-state index is 0.185. The molecule has 0 spiro atoms. The predicted molar refractivity (Wildman–Crippen MR) is 43.3 cm³/mol. The van der Waals surface area contributed by atoms with Crippen LogP contribution < -0.4 is 11.1 Å². The molecular formula is C7H14F3N3. The normalized spacial score (nSPS) is 26.3. The second-order valence-electron chi connectivity index (χ2n) is 3.18. The largest absolute Gasteiger partial charge is 0.401 e. The van der Waals surface area contributed by atoms with Crippen LogP contribution in [0.4, 0.5) is 13.2 Å². The Morgan fingerprint density at radius 3 is 2.69 bits per heavy atom. The maximum Gasteiger partial charge on any atom is 0.401 e. The number of halogens is 3. The number of nitrogens with one attached hydrogen (secondary N) is 1. The van der Waals surface area contributed by atoms with E-state index < -0.39 is 12.7 Å². The highest BCUT2D eigenvalue weighted by Gasteiger charge is 2.34. The fourth-order valence-corrected chi connectivity index (χ4v) is 1.47. The summed E-state index contributed by atoms with van der Waals surface area (Å²) >= 11 is 0. The Morgan fingerprint density at radius 1 is 1.46 bits per heavy atom. The Balaban J connectivity index is 2.45. The van der Waals surface area contributed by atoms with E-state index in [1.54, 1.807) is 0 Å². The summed E-state index contributed by atoms with van der Waals surface area (Å²) in [7, 11) is 0. The maximum atomic E-state index is 12.0. The average Bonchev–Trinajstić information content (AvgIpc) is 2.02. The van der Waals surface area contributed by atoms with E-state index in [0.717, 1.165) is 0 Å². The molecule has 0 aromatic rings. The van der Waals surface area contributed by atoms with Crippen molar-refractivity contribution < 1.29 is 13.2 Å². The van der Waals surface area contributed by atoms with Crippen molar-refractivity contribution in [1.82, 2.24) is 10.2 Å². The van der Waals surface area contributed by atoms with Crippen LogP contribution in [0.3, 0.4) is 0 Å². The van der Waals surface area contributed by atoms with Gasteiger partial charge in [-0.05, 0) is 0 Å². The maximum absolute atomic E-state index is 12.0. The van der Waals surface area contributed by atoms with Gasteiger partial charge in [0.15, 0.2) is 0 Å². The second kappa shape index (κ2) is 4.26. The molecular weight excluding hydrogens is 183 g/mol. The van der Waals surface area contributed by atoms with Crippen molar-refractivity contribution in [3.05, 3.63) is 0 Å². The van der Waals surface area contributed by atoms with Crippen LogP contribution in [0, 0.1) is 0 Å². The summed E-state index contributed by atoms with van der Waals surface area (Å²) in [6.07, 6.45) is -4.12. The summed E-state index contributed by atoms with van der Waals surface area (Å²) in [6.45, 7) is 0.986. The van der Waals surface area contributed by atoms with Crippen molar-refractivity contribution >= 4 is 0 Å². The summed E-state index contributed by atoms with van der Waals surface area (Å²) in [5.74, 6) is 0. The molecule has 1 rings (SSSR count). The monoisotopic (exact) mass is 197 g/mol. The number of hydrogen-bond donors (Lipinski definition) is 2. The molecule has 1 heterocycles. The van der Waals surface area contributed by atoms with Crippen LogP contribution in [0.5, 0.6) is 0 Å². The van der Waals surface area contributed by atoms with Crippen molar-refractivity contribution in [3.63, 3.8) is 0 Å². The van der Waals surface area contributed by atoms with Crippen molar-refractivity contribution in [1.29, 1.82) is 0 Å². The zero-order valence-electron chi connectivity index (χ0n) is 7.27. The standard InChI is InChI=1S/C7H14F3N3/c8-7(9,10)5-13-2-1-12-4-6(13)3-11/h6,12H,1-5,11H2. The Morgan fingerprint density at radius 2 is 2.15 bits per heavy atom. The van der Waals surface area contributed by atoms with E-state index in [1.807, 2.05) is 0 Å². The SMILES string of the molecule is NCC1CNCCN1CC(F)(F)F. The molecule has 0 aromatic carbocycles. The molecule has 6 heteroatoms. The number of rotatable bonds is 2. The fraction of sp³-hybridized carbons (Fsp3) is 1.00. The van der Waals surface area contributed by atoms with E-state index in [-0.39, 0.29) is 12.6 Å². The molecule has 78 valence electrons. The zero-order chi connectivity index (χ0) is 9.90. The number of piperazine rings is 1. The molecule has 0 radical (unpaired) electrons. The van der Waals surface area contributed by atoms with Crippen molar-refractivity contribution in [2.75, 3.05) is 32.7 Å². The number of nitrogens with two attached hydrogens (primary N) is 1. The van der Waals surface area contributed by atoms with Gasteiger partial charge in [-0.1, -0.05) is 0 Å². The molecule has 3 N–H and O–H groups in total. The van der Waals surface area contributed by atoms with Gasteiger partial charge >= 0.3 is 6.18 Å². The third-order valence-corrected chi connectivity index (χ3v) is 2.13. The van der Waals surface area contributed by atoms with E-state index in [0.29, 0.717) is 19.6 Å². The highest BCUT2D eigenvalue weighted by molar-refractivity contribution is 4.81. The van der Waals surface area contributed by atoms with Gasteiger partial charge in [-0.2, -0.15) is 13.2 Å². The van der Waals surface area contributed by atoms with E-state index in [2.05, 4.69) is 5.32 Å². The third-order valence-electron chi connectivity index (χ3n) is 2.13. The summed E-state index contributed by atoms with van der Waals surface area (Å²) in [5.41, 5.74) is 5.36. The van der Waals surface area contributed by atoms with Crippen molar-refractivity contribution in [2.24, 2.45) is 5.73 Å². The first-order chi connectivity index (χ1) is 6.03. The first kappa shape index (κ1) is 10.7. The summed E-state index contributed by atoms with van der Waals surface area (Å²) in [5, 5.41) is 3.01. The Hall–Kier alpha value is -0.330. The van der Waals surface area contributed by atoms with Gasteiger partial charge < -0.3 is 11.1 Å². The van der Waals surface area contributed by atoms with Gasteiger partial charge in [0.1, 0.15) is 0 Å². The molecule has 1 aliphatic rings. The molecule has 1 aliphatic heterocycles. The van der Waals surface area contributed by atoms with Gasteiger partial charge in [-0.25, -0.2) is 0 Å². The molecule has 1 atom stereocenters. The van der Waals surface area contributed by atoms with Crippen LogP contribution in [0.25, 0.3) is 0 Å². The summed E-state index contributed by atoms with van der Waals surface area (Å²) in [6, 6.07) is -0.185. The van der Waals surface area contributed by atoms with Crippen molar-refractivity contribution in [2.45, 2.75) is 12.2 Å². The number of alkyl halides is 3. The quantitative estimate of drug-likeness (QED) is 0.643. The predicted octanol–water partition coefficient (Wildman–Crippen LogP) is -0.219. The third kappa shape index (κ3) is 3.50. The van der Waals surface area contributed by atoms with Crippen LogP contribution >= 0.6 is 0 Å². The van der Waals surface area contributed by atoms with Gasteiger partial charge in [0.05, 0.1) is 6.54 Å². The zero-order valence-corrected chi connectivity index (χ0v) is 7.27. The minimum Gasteiger partial charge on any atom is -0.329 e. The Bertz CT molecular complexity index is 160. The smallest absolute Gasteiger partial charge is 0.329 e. The van der Waals surface area contributed by atoms with Gasteiger partial charge in [0.25, 0.3) is 0 Å². The first-order valence-electron chi connectivity index (χ1n) is 4.24. The number of hydrogen-bond acceptors (Lipinski definition) is 3. The summed E-state index contributed by atoms with van der Waals surface area (Å²) in [4.78, 5) is 1.39. The molecule has 0 aliphatic carbocycles. The fourth-order valence-electron chi connectivity index (χ4n) is 1.47. The van der Waals surface area contributed by atoms with Crippen LogP contribution in [0.15, 0.2) is 0 Å². The topological polar surface area (TPSA) is 41.3 Å². The minimum atomic E-state index is -4.12. The van der Waals surface area contributed by atoms with Crippen LogP contribution in [0.2, 0.25) is 0 Å². The van der Waals surface area contributed by atoms with E-state index in [1.165, 1.54) is 4.90 Å². The first-order valence-corrected chi connectivity index (χ1v) is 4.24. The Labute approximate surface area is 75.1 Å². The second-order valence-corrected chi connectivity index (χ2v) is 3.18. The van der Waals surface area contributed by atoms with Gasteiger partial charge in [0, 0.05) is 32.2 Å². The number of nitrogens with zero attached hydrogens (tertiary/aromatic N) is 1. The molecule has 1 unspecified atom stereocenters. The van der Waals surface area contributed by atoms with Gasteiger partial charge in [-0.3, -0.25) is 4.90 Å². The van der Waals surface area contributed by atoms with E-state index in [4.69, 9.17) is 5.73 Å². The van der Waals surface area contributed by atoms with Gasteiger partial charge in [0.2, 0.25) is 0 Å². The van der Waals surface area contributed by atoms with Gasteiger partial charge in [-0.15, -0.1) is 0 Å². The molecule has 0 amide bonds. The highest BCUT2D eigenvalue weighted by atomic mass is 19.4. The van der Waals surface area contributed by atoms with Crippen LogP contribution in [0.1, 0.15) is 0 Å². The molecule has 0 bridgehead atoms. The molecule has 1 fully saturated rings. The summed E-state index contributed by atoms with van der Waals surface area (Å²) < 4.78 is 36.1. The lowest BCUT2D eigenvalue weighted by Gasteiger charge is -2.35.